The van der Waals surface area contributed by atoms with Gasteiger partial charge in [-0.05, 0) is 19.9 Å². The van der Waals surface area contributed by atoms with Crippen molar-refractivity contribution in [3.8, 4) is 5.75 Å². The van der Waals surface area contributed by atoms with Crippen LogP contribution < -0.4 is 15.8 Å². The lowest BCUT2D eigenvalue weighted by atomic mass is 10.1. The van der Waals surface area contributed by atoms with Crippen molar-refractivity contribution < 1.29 is 38.1 Å². The average molecular weight is 471 g/mol. The minimum Gasteiger partial charge on any atom is -0.404 e. The molecule has 1 N–H and O–H groups in total. The molecule has 0 spiro atoms. The van der Waals surface area contributed by atoms with Gasteiger partial charge in [0.05, 0.1) is 7.98 Å². The number of hydrogen-bond acceptors (Lipinski definition) is 9. The third-order valence-corrected chi connectivity index (χ3v) is 6.39. The molecule has 1 unspecified atom stereocenters. The molecule has 0 bridgehead atoms. The number of phosphoric acid groups is 1. The summed E-state index contributed by atoms with van der Waals surface area (Å²) in [7, 11) is -4.23. The predicted molar refractivity (Wildman–Crippen MR) is 105 cm³/mol. The van der Waals surface area contributed by atoms with Crippen molar-refractivity contribution in [1.82, 2.24) is 9.55 Å². The Kier molecular flexibility index (Phi) is 4.65. The highest BCUT2D eigenvalue weighted by molar-refractivity contribution is 7.49. The lowest BCUT2D eigenvalue weighted by Crippen LogP contribution is -2.43. The summed E-state index contributed by atoms with van der Waals surface area (Å²) in [6, 6.07) is 7.66. The van der Waals surface area contributed by atoms with Gasteiger partial charge in [-0.25, -0.2) is 13.8 Å². The largest absolute Gasteiger partial charge is 0.530 e. The topological polar surface area (TPSA) is 127 Å². The van der Waals surface area contributed by atoms with Crippen LogP contribution in [0.15, 0.2) is 46.1 Å². The Balaban J connectivity index is 1.44. The molecule has 0 radical (unpaired) electrons. The molecule has 5 atom stereocenters. The van der Waals surface area contributed by atoms with Crippen LogP contribution >= 0.6 is 7.82 Å². The zero-order chi connectivity index (χ0) is 23.6. The Labute approximate surface area is 182 Å². The Morgan fingerprint density at radius 1 is 1.28 bits per heavy atom. The van der Waals surface area contributed by atoms with Gasteiger partial charge in [-0.1, -0.05) is 18.2 Å². The molecule has 13 heteroatoms. The number of fused-ring (bicyclic) bond motifs is 2. The van der Waals surface area contributed by atoms with Crippen molar-refractivity contribution in [2.45, 2.75) is 50.5 Å². The van der Waals surface area contributed by atoms with E-state index in [1.807, 2.05) is 4.98 Å². The summed E-state index contributed by atoms with van der Waals surface area (Å²) in [5.74, 6) is -3.96. The summed E-state index contributed by atoms with van der Waals surface area (Å²) in [4.78, 5) is 25.8. The van der Waals surface area contributed by atoms with Gasteiger partial charge in [0.1, 0.15) is 18.5 Å². The van der Waals surface area contributed by atoms with Crippen molar-refractivity contribution in [1.29, 1.82) is 0 Å². The molecule has 3 aliphatic rings. The number of aromatic nitrogens is 2. The standard InChI is InChI=1S/C19H20FN2O9P/c1-18(2)28-14-15(29-18)19(20,30-16(14)22-8-7-13(23)21-17(22)24)10-27-32(25)26-9-11-5-3-4-6-12(11)31-32/h3-8,14-16H,9-10H2,1-2H3,(H,21,23,24)/t14-,15+,16-,19-,32?/m1/s1/i16D. The number of aromatic amines is 1. The minimum absolute atomic E-state index is 0.0819. The summed E-state index contributed by atoms with van der Waals surface area (Å²) in [6.07, 6.45) is -4.49. The first-order chi connectivity index (χ1) is 15.4. The van der Waals surface area contributed by atoms with Crippen LogP contribution in [0, 0.1) is 0 Å². The van der Waals surface area contributed by atoms with Crippen LogP contribution in [0.2, 0.25) is 0 Å². The number of hydrogen-bond donors (Lipinski definition) is 1. The first kappa shape index (κ1) is 20.3. The molecule has 3 aliphatic heterocycles. The number of alkyl halides is 1. The second-order valence-electron chi connectivity index (χ2n) is 7.88. The first-order valence-corrected chi connectivity index (χ1v) is 11.1. The van der Waals surface area contributed by atoms with Crippen molar-refractivity contribution in [2.24, 2.45) is 0 Å². The Morgan fingerprint density at radius 2 is 2.06 bits per heavy atom. The van der Waals surface area contributed by atoms with Crippen molar-refractivity contribution in [2.75, 3.05) is 6.61 Å². The molecular formula is C19H20FN2O9P. The van der Waals surface area contributed by atoms with Crippen LogP contribution in [0.25, 0.3) is 0 Å². The first-order valence-electron chi connectivity index (χ1n) is 10.2. The van der Waals surface area contributed by atoms with Gasteiger partial charge in [-0.3, -0.25) is 23.4 Å². The lowest BCUT2D eigenvalue weighted by molar-refractivity contribution is -0.264. The van der Waals surface area contributed by atoms with E-state index in [4.69, 9.17) is 29.2 Å². The molecule has 172 valence electrons. The fraction of sp³-hybridized carbons (Fsp3) is 0.474. The number of para-hydroxylation sites is 1. The van der Waals surface area contributed by atoms with Crippen molar-refractivity contribution in [3.63, 3.8) is 0 Å². The highest BCUT2D eigenvalue weighted by Gasteiger charge is 2.65. The molecule has 5 rings (SSSR count). The lowest BCUT2D eigenvalue weighted by Gasteiger charge is -2.30. The number of nitrogens with zero attached hydrogens (tertiary/aromatic N) is 1. The third kappa shape index (κ3) is 3.72. The third-order valence-electron chi connectivity index (χ3n) is 5.08. The van der Waals surface area contributed by atoms with E-state index in [0.717, 1.165) is 12.3 Å². The molecule has 2 fully saturated rings. The van der Waals surface area contributed by atoms with Crippen molar-refractivity contribution >= 4 is 7.82 Å². The molecule has 1 aromatic carbocycles. The number of benzene rings is 1. The maximum absolute atomic E-state index is 16.1. The number of rotatable bonds is 4. The van der Waals surface area contributed by atoms with Crippen LogP contribution in [0.3, 0.4) is 0 Å². The second kappa shape index (κ2) is 7.34. The van der Waals surface area contributed by atoms with Gasteiger partial charge in [0, 0.05) is 17.8 Å². The van der Waals surface area contributed by atoms with Crippen LogP contribution in [0.4, 0.5) is 4.39 Å². The van der Waals surface area contributed by atoms with Gasteiger partial charge in [-0.15, -0.1) is 0 Å². The molecule has 11 nitrogen and oxygen atoms in total. The fourth-order valence-electron chi connectivity index (χ4n) is 3.67. The fourth-order valence-corrected chi connectivity index (χ4v) is 4.90. The van der Waals surface area contributed by atoms with E-state index in [0.29, 0.717) is 10.1 Å². The van der Waals surface area contributed by atoms with Crippen LogP contribution in [0.5, 0.6) is 5.75 Å². The smallest absolute Gasteiger partial charge is 0.404 e. The Bertz CT molecular complexity index is 1270. The van der Waals surface area contributed by atoms with Gasteiger partial charge < -0.3 is 18.7 Å². The summed E-state index contributed by atoms with van der Waals surface area (Å²) >= 11 is 0. The summed E-state index contributed by atoms with van der Waals surface area (Å²) in [5, 5.41) is 0. The van der Waals surface area contributed by atoms with E-state index in [-0.39, 0.29) is 12.4 Å². The van der Waals surface area contributed by atoms with E-state index in [9.17, 15) is 14.2 Å². The molecule has 32 heavy (non-hydrogen) atoms. The Morgan fingerprint density at radius 3 is 2.84 bits per heavy atom. The Hall–Kier alpha value is -2.34. The van der Waals surface area contributed by atoms with Gasteiger partial charge >= 0.3 is 13.5 Å². The quantitative estimate of drug-likeness (QED) is 0.666. The normalized spacial score (nSPS) is 37.9. The maximum Gasteiger partial charge on any atom is 0.530 e. The highest BCUT2D eigenvalue weighted by Crippen LogP contribution is 2.56. The molecule has 0 saturated carbocycles. The molecule has 2 aromatic rings. The summed E-state index contributed by atoms with van der Waals surface area (Å²) in [6.45, 7) is 1.89. The average Bonchev–Trinajstić information content (AvgIpc) is 3.18. The molecule has 2 saturated heterocycles. The minimum atomic E-state index is -4.23. The van der Waals surface area contributed by atoms with E-state index in [1.54, 1.807) is 24.3 Å². The molecule has 0 aliphatic carbocycles. The SMILES string of the molecule is [2H][C@@]1(n2ccc(=O)[nH]c2=O)O[C@](F)(COP2(=O)OCc3ccccc3O2)[C@H]2OC(C)(C)O[C@H]21. The number of halogens is 1. The highest BCUT2D eigenvalue weighted by atomic mass is 31.2. The van der Waals surface area contributed by atoms with Crippen molar-refractivity contribution in [3.05, 3.63) is 62.9 Å². The molecule has 1 aromatic heterocycles. The monoisotopic (exact) mass is 471 g/mol. The molecule has 4 heterocycles. The number of nitrogens with one attached hydrogen (secondary N) is 1. The summed E-state index contributed by atoms with van der Waals surface area (Å²) in [5.41, 5.74) is -1.09. The number of phosphoric ester groups is 1. The zero-order valence-electron chi connectivity index (χ0n) is 18.0. The van der Waals surface area contributed by atoms with E-state index in [2.05, 4.69) is 0 Å². The van der Waals surface area contributed by atoms with Gasteiger partial charge in [0.15, 0.2) is 18.1 Å². The predicted octanol–water partition coefficient (Wildman–Crippen LogP) is 1.99. The molecular weight excluding hydrogens is 450 g/mol. The maximum atomic E-state index is 16.1. The van der Waals surface area contributed by atoms with Crippen LogP contribution in [-0.4, -0.2) is 40.0 Å². The zero-order valence-corrected chi connectivity index (χ0v) is 17.9. The van der Waals surface area contributed by atoms with Gasteiger partial charge in [0.25, 0.3) is 11.4 Å². The summed E-state index contributed by atoms with van der Waals surface area (Å²) < 4.78 is 70.8. The second-order valence-corrected chi connectivity index (χ2v) is 9.47. The van der Waals surface area contributed by atoms with E-state index >= 15 is 4.39 Å². The van der Waals surface area contributed by atoms with Gasteiger partial charge in [0.2, 0.25) is 0 Å². The molecule has 0 amide bonds. The number of ether oxygens (including phenoxy) is 3. The van der Waals surface area contributed by atoms with Gasteiger partial charge in [-0.2, -0.15) is 0 Å². The van der Waals surface area contributed by atoms with Crippen LogP contribution in [-0.2, 0) is 34.4 Å². The van der Waals surface area contributed by atoms with E-state index in [1.165, 1.54) is 13.8 Å². The van der Waals surface area contributed by atoms with E-state index < -0.39 is 55.7 Å². The number of H-pyrrole nitrogens is 1. The van der Waals surface area contributed by atoms with Crippen LogP contribution in [0.1, 0.15) is 27.0 Å².